The van der Waals surface area contributed by atoms with Crippen molar-refractivity contribution in [1.29, 1.82) is 0 Å². The first kappa shape index (κ1) is 14.0. The quantitative estimate of drug-likeness (QED) is 0.614. The van der Waals surface area contributed by atoms with Gasteiger partial charge in [-0.1, -0.05) is 0 Å². The Morgan fingerprint density at radius 1 is 1.29 bits per heavy atom. The van der Waals surface area contributed by atoms with Crippen LogP contribution in [0.4, 0.5) is 0 Å². The minimum Gasteiger partial charge on any atom is -0.356 e. The van der Waals surface area contributed by atoms with E-state index in [1.807, 2.05) is 6.92 Å². The summed E-state index contributed by atoms with van der Waals surface area (Å²) in [6, 6.07) is 0. The summed E-state index contributed by atoms with van der Waals surface area (Å²) in [6.45, 7) is 4.96. The molecule has 1 atom stereocenters. The fraction of sp³-hybridized carbons (Fsp3) is 0.833. The van der Waals surface area contributed by atoms with Gasteiger partial charge in [-0.15, -0.1) is 0 Å². The summed E-state index contributed by atoms with van der Waals surface area (Å²) in [6.07, 6.45) is 3.21. The molecule has 1 rings (SSSR count). The molecule has 0 spiro atoms. The Balaban J connectivity index is 2.06. The molecule has 0 bridgehead atoms. The van der Waals surface area contributed by atoms with Gasteiger partial charge >= 0.3 is 0 Å². The molecule has 1 aliphatic rings. The van der Waals surface area contributed by atoms with Gasteiger partial charge in [0.25, 0.3) is 0 Å². The summed E-state index contributed by atoms with van der Waals surface area (Å²) < 4.78 is 0. The molecule has 2 amide bonds. The van der Waals surface area contributed by atoms with E-state index in [4.69, 9.17) is 0 Å². The molecule has 5 heteroatoms. The van der Waals surface area contributed by atoms with Gasteiger partial charge in [0.15, 0.2) is 0 Å². The highest BCUT2D eigenvalue weighted by atomic mass is 16.2. The van der Waals surface area contributed by atoms with Crippen LogP contribution >= 0.6 is 0 Å². The average molecular weight is 241 g/mol. The van der Waals surface area contributed by atoms with E-state index in [2.05, 4.69) is 16.0 Å². The van der Waals surface area contributed by atoms with Crippen molar-refractivity contribution >= 4 is 11.8 Å². The van der Waals surface area contributed by atoms with Crippen molar-refractivity contribution < 1.29 is 9.59 Å². The van der Waals surface area contributed by atoms with Crippen LogP contribution in [-0.2, 0) is 9.59 Å². The van der Waals surface area contributed by atoms with Crippen LogP contribution in [0.25, 0.3) is 0 Å². The second-order valence-electron chi connectivity index (χ2n) is 4.47. The molecule has 17 heavy (non-hydrogen) atoms. The zero-order valence-electron chi connectivity index (χ0n) is 10.6. The summed E-state index contributed by atoms with van der Waals surface area (Å²) in [5, 5.41) is 8.78. The van der Waals surface area contributed by atoms with E-state index in [0.29, 0.717) is 31.8 Å². The third-order valence-electron chi connectivity index (χ3n) is 2.92. The topological polar surface area (TPSA) is 70.2 Å². The molecule has 0 aromatic carbocycles. The molecule has 0 aromatic rings. The first-order chi connectivity index (χ1) is 8.22. The third-order valence-corrected chi connectivity index (χ3v) is 2.92. The molecular formula is C12H23N3O2. The lowest BCUT2D eigenvalue weighted by atomic mass is 9.96. The minimum atomic E-state index is -0.00728. The van der Waals surface area contributed by atoms with Gasteiger partial charge in [0.1, 0.15) is 0 Å². The number of hydrogen-bond acceptors (Lipinski definition) is 3. The molecule has 0 radical (unpaired) electrons. The highest BCUT2D eigenvalue weighted by molar-refractivity contribution is 5.79. The zero-order valence-corrected chi connectivity index (χ0v) is 10.6. The van der Waals surface area contributed by atoms with Crippen LogP contribution in [0.1, 0.15) is 32.6 Å². The Morgan fingerprint density at radius 3 is 2.76 bits per heavy atom. The van der Waals surface area contributed by atoms with Crippen molar-refractivity contribution in [1.82, 2.24) is 16.0 Å². The molecule has 0 aromatic heterocycles. The predicted molar refractivity (Wildman–Crippen MR) is 66.5 cm³/mol. The van der Waals surface area contributed by atoms with Crippen LogP contribution in [-0.4, -0.2) is 38.0 Å². The van der Waals surface area contributed by atoms with Crippen molar-refractivity contribution in [3.05, 3.63) is 0 Å². The van der Waals surface area contributed by atoms with Crippen LogP contribution in [0.3, 0.4) is 0 Å². The normalized spacial score (nSPS) is 19.7. The van der Waals surface area contributed by atoms with Crippen molar-refractivity contribution in [3.63, 3.8) is 0 Å². The van der Waals surface area contributed by atoms with E-state index >= 15 is 0 Å². The predicted octanol–water partition coefficient (Wildman–Crippen LogP) is 0.0185. The Morgan fingerprint density at radius 2 is 2.12 bits per heavy atom. The minimum absolute atomic E-state index is 0.00728. The smallest absolute Gasteiger partial charge is 0.221 e. The van der Waals surface area contributed by atoms with Gasteiger partial charge in [-0.25, -0.2) is 0 Å². The maximum absolute atomic E-state index is 11.6. The van der Waals surface area contributed by atoms with E-state index in [0.717, 1.165) is 25.9 Å². The van der Waals surface area contributed by atoms with Crippen LogP contribution in [0.15, 0.2) is 0 Å². The van der Waals surface area contributed by atoms with E-state index in [1.54, 1.807) is 0 Å². The average Bonchev–Trinajstić information content (AvgIpc) is 2.30. The monoisotopic (exact) mass is 241 g/mol. The summed E-state index contributed by atoms with van der Waals surface area (Å²) in [5.41, 5.74) is 0. The van der Waals surface area contributed by atoms with Gasteiger partial charge in [0.2, 0.25) is 11.8 Å². The molecule has 98 valence electrons. The number of rotatable bonds is 6. The van der Waals surface area contributed by atoms with E-state index in [1.165, 1.54) is 0 Å². The Hall–Kier alpha value is -1.10. The second kappa shape index (κ2) is 8.06. The maximum Gasteiger partial charge on any atom is 0.221 e. The Labute approximate surface area is 103 Å². The lowest BCUT2D eigenvalue weighted by Crippen LogP contribution is -2.35. The largest absolute Gasteiger partial charge is 0.356 e. The molecule has 1 heterocycles. The van der Waals surface area contributed by atoms with Gasteiger partial charge < -0.3 is 16.0 Å². The standard InChI is InChI=1S/C12H23N3O2/c1-2-14-11(16)5-7-15-12(17)8-10-4-3-6-13-9-10/h10,13H,2-9H2,1H3,(H,14,16)(H,15,17). The summed E-state index contributed by atoms with van der Waals surface area (Å²) in [4.78, 5) is 22.7. The highest BCUT2D eigenvalue weighted by Gasteiger charge is 2.16. The number of hydrogen-bond donors (Lipinski definition) is 3. The maximum atomic E-state index is 11.6. The lowest BCUT2D eigenvalue weighted by Gasteiger charge is -2.22. The molecule has 1 fully saturated rings. The van der Waals surface area contributed by atoms with Crippen molar-refractivity contribution in [2.24, 2.45) is 5.92 Å². The molecule has 5 nitrogen and oxygen atoms in total. The second-order valence-corrected chi connectivity index (χ2v) is 4.47. The summed E-state index contributed by atoms with van der Waals surface area (Å²) in [5.74, 6) is 0.503. The summed E-state index contributed by atoms with van der Waals surface area (Å²) in [7, 11) is 0. The van der Waals surface area contributed by atoms with E-state index in [9.17, 15) is 9.59 Å². The number of nitrogens with one attached hydrogen (secondary N) is 3. The van der Waals surface area contributed by atoms with E-state index in [-0.39, 0.29) is 11.8 Å². The van der Waals surface area contributed by atoms with Crippen LogP contribution in [0.2, 0.25) is 0 Å². The molecule has 0 saturated carbocycles. The summed E-state index contributed by atoms with van der Waals surface area (Å²) >= 11 is 0. The van der Waals surface area contributed by atoms with Gasteiger partial charge in [-0.05, 0) is 38.8 Å². The molecule has 1 aliphatic heterocycles. The van der Waals surface area contributed by atoms with Gasteiger partial charge in [0.05, 0.1) is 0 Å². The van der Waals surface area contributed by atoms with Crippen molar-refractivity contribution in [3.8, 4) is 0 Å². The first-order valence-corrected chi connectivity index (χ1v) is 6.46. The molecule has 3 N–H and O–H groups in total. The number of carbonyl (C=O) groups excluding carboxylic acids is 2. The van der Waals surface area contributed by atoms with Crippen LogP contribution in [0, 0.1) is 5.92 Å². The third kappa shape index (κ3) is 6.26. The molecule has 0 aliphatic carbocycles. The number of amides is 2. The van der Waals surface area contributed by atoms with Crippen molar-refractivity contribution in [2.45, 2.75) is 32.6 Å². The highest BCUT2D eigenvalue weighted by Crippen LogP contribution is 2.13. The molecular weight excluding hydrogens is 218 g/mol. The zero-order chi connectivity index (χ0) is 12.5. The SMILES string of the molecule is CCNC(=O)CCNC(=O)CC1CCCNC1. The first-order valence-electron chi connectivity index (χ1n) is 6.46. The van der Waals surface area contributed by atoms with Gasteiger partial charge in [0, 0.05) is 25.9 Å². The number of piperidine rings is 1. The molecule has 1 unspecified atom stereocenters. The Kier molecular flexibility index (Phi) is 6.62. The Bertz CT molecular complexity index is 250. The van der Waals surface area contributed by atoms with Crippen LogP contribution in [0.5, 0.6) is 0 Å². The van der Waals surface area contributed by atoms with E-state index < -0.39 is 0 Å². The molecule has 1 saturated heterocycles. The van der Waals surface area contributed by atoms with Crippen molar-refractivity contribution in [2.75, 3.05) is 26.2 Å². The number of carbonyl (C=O) groups is 2. The van der Waals surface area contributed by atoms with Gasteiger partial charge in [-0.3, -0.25) is 9.59 Å². The fourth-order valence-electron chi connectivity index (χ4n) is 2.03. The fourth-order valence-corrected chi connectivity index (χ4v) is 2.03. The van der Waals surface area contributed by atoms with Gasteiger partial charge in [-0.2, -0.15) is 0 Å². The van der Waals surface area contributed by atoms with Crippen LogP contribution < -0.4 is 16.0 Å². The lowest BCUT2D eigenvalue weighted by molar-refractivity contribution is -0.122.